The summed E-state index contributed by atoms with van der Waals surface area (Å²) >= 11 is 0. The van der Waals surface area contributed by atoms with Gasteiger partial charge in [-0.1, -0.05) is 24.1 Å². The number of carbonyl (C=O) groups is 1. The zero-order chi connectivity index (χ0) is 24.8. The first-order chi connectivity index (χ1) is 15.9. The highest BCUT2D eigenvalue weighted by molar-refractivity contribution is 7.89. The van der Waals surface area contributed by atoms with Gasteiger partial charge in [0, 0.05) is 30.5 Å². The summed E-state index contributed by atoms with van der Waals surface area (Å²) in [4.78, 5) is 24.4. The molecule has 11 heteroatoms. The van der Waals surface area contributed by atoms with E-state index in [4.69, 9.17) is 5.73 Å². The number of Topliss-reactive ketones (excluding diaryl/α,β-unsaturated/α-hetero) is 1. The van der Waals surface area contributed by atoms with Crippen molar-refractivity contribution >= 4 is 32.8 Å². The molecule has 2 aromatic rings. The first kappa shape index (κ1) is 24.5. The van der Waals surface area contributed by atoms with Crippen molar-refractivity contribution in [3.8, 4) is 0 Å². The molecule has 0 spiro atoms. The lowest BCUT2D eigenvalue weighted by atomic mass is 9.81. The van der Waals surface area contributed by atoms with Crippen molar-refractivity contribution in [2.45, 2.75) is 71.9 Å². The van der Waals surface area contributed by atoms with Crippen molar-refractivity contribution < 1.29 is 17.6 Å². The highest BCUT2D eigenvalue weighted by Crippen LogP contribution is 2.39. The van der Waals surface area contributed by atoms with Crippen LogP contribution in [0.15, 0.2) is 22.8 Å². The van der Waals surface area contributed by atoms with Crippen molar-refractivity contribution in [1.29, 1.82) is 0 Å². The average Bonchev–Trinajstić information content (AvgIpc) is 3.24. The summed E-state index contributed by atoms with van der Waals surface area (Å²) in [6.45, 7) is 7.41. The number of nitrogens with two attached hydrogens (primary N) is 1. The van der Waals surface area contributed by atoms with E-state index >= 15 is 0 Å². The Kier molecular flexibility index (Phi) is 6.36. The zero-order valence-electron chi connectivity index (χ0n) is 20.0. The molecule has 1 unspecified atom stereocenters. The summed E-state index contributed by atoms with van der Waals surface area (Å²) in [5, 5.41) is 0. The highest BCUT2D eigenvalue weighted by Gasteiger charge is 2.30. The Morgan fingerprint density at radius 3 is 2.65 bits per heavy atom. The Morgan fingerprint density at radius 1 is 1.24 bits per heavy atom. The number of fused-ring (bicyclic) bond motifs is 1. The molecule has 2 aromatic heterocycles. The quantitative estimate of drug-likeness (QED) is 0.570. The molecule has 2 aliphatic rings. The van der Waals surface area contributed by atoms with Crippen LogP contribution in [0.4, 0.5) is 10.2 Å². The minimum absolute atomic E-state index is 0.0179. The fraction of sp³-hybridized carbons (Fsp3) is 0.565. The number of nitrogens with zero attached hydrogens (tertiary/aromatic N) is 4. The topological polar surface area (TPSA) is 133 Å². The Bertz CT molecular complexity index is 1320. The van der Waals surface area contributed by atoms with Gasteiger partial charge in [-0.15, -0.1) is 0 Å². The van der Waals surface area contributed by atoms with E-state index in [0.717, 1.165) is 30.4 Å². The molecule has 2 heterocycles. The van der Waals surface area contributed by atoms with E-state index in [1.165, 1.54) is 5.57 Å². The molecule has 0 saturated heterocycles. The van der Waals surface area contributed by atoms with Gasteiger partial charge in [0.1, 0.15) is 5.82 Å². The SMILES string of the molecule is CCC1CC2=C(C=C1Cc1nc3c(N)nc(F)nc3n1CCS(=O)(=O)NC(C)(C)C)C(=O)CC2. The molecule has 0 amide bonds. The summed E-state index contributed by atoms with van der Waals surface area (Å²) in [5.74, 6) is 0.597. The third-order valence-electron chi connectivity index (χ3n) is 6.26. The minimum atomic E-state index is -3.62. The number of halogens is 1. The maximum atomic E-state index is 14.0. The molecule has 0 radical (unpaired) electrons. The number of carbonyl (C=O) groups excluding carboxylic acids is 1. The Labute approximate surface area is 198 Å². The van der Waals surface area contributed by atoms with Crippen LogP contribution in [0.3, 0.4) is 0 Å². The lowest BCUT2D eigenvalue weighted by Gasteiger charge is -2.25. The van der Waals surface area contributed by atoms with Crippen molar-refractivity contribution in [2.24, 2.45) is 5.92 Å². The lowest BCUT2D eigenvalue weighted by molar-refractivity contribution is -0.114. The predicted molar refractivity (Wildman–Crippen MR) is 128 cm³/mol. The van der Waals surface area contributed by atoms with E-state index in [0.29, 0.717) is 18.7 Å². The number of rotatable bonds is 7. The molecule has 0 aliphatic heterocycles. The normalized spacial score (nSPS) is 19.1. The Morgan fingerprint density at radius 2 is 1.97 bits per heavy atom. The second-order valence-electron chi connectivity index (χ2n) is 10.0. The number of hydrogen-bond acceptors (Lipinski definition) is 7. The third kappa shape index (κ3) is 5.05. The summed E-state index contributed by atoms with van der Waals surface area (Å²) in [7, 11) is -3.62. The van der Waals surface area contributed by atoms with Crippen LogP contribution in [-0.2, 0) is 27.8 Å². The number of nitrogens with one attached hydrogen (secondary N) is 1. The predicted octanol–water partition coefficient (Wildman–Crippen LogP) is 2.82. The standard InChI is InChI=1S/C23H31FN6O3S/c1-5-13-10-14-6-7-17(31)16(14)11-15(13)12-18-26-19-20(25)27-22(24)28-21(19)30(18)8-9-34(32,33)29-23(2,3)4/h11,13,29H,5-10,12H2,1-4H3,(H2,25,27,28). The van der Waals surface area contributed by atoms with Gasteiger partial charge >= 0.3 is 6.08 Å². The van der Waals surface area contributed by atoms with E-state index in [9.17, 15) is 17.6 Å². The zero-order valence-corrected chi connectivity index (χ0v) is 20.8. The van der Waals surface area contributed by atoms with Crippen molar-refractivity contribution in [3.05, 3.63) is 34.7 Å². The molecule has 0 aromatic carbocycles. The third-order valence-corrected chi connectivity index (χ3v) is 7.90. The largest absolute Gasteiger partial charge is 0.382 e. The number of anilines is 1. The summed E-state index contributed by atoms with van der Waals surface area (Å²) < 4.78 is 43.5. The van der Waals surface area contributed by atoms with Crippen LogP contribution in [0.5, 0.6) is 0 Å². The molecule has 34 heavy (non-hydrogen) atoms. The maximum Gasteiger partial charge on any atom is 0.312 e. The maximum absolute atomic E-state index is 14.0. The number of sulfonamides is 1. The van der Waals surface area contributed by atoms with E-state index in [1.807, 2.05) is 6.08 Å². The molecule has 184 valence electrons. The van der Waals surface area contributed by atoms with Gasteiger partial charge in [0.25, 0.3) is 0 Å². The van der Waals surface area contributed by atoms with E-state index < -0.39 is 21.6 Å². The molecule has 2 aliphatic carbocycles. The lowest BCUT2D eigenvalue weighted by Crippen LogP contribution is -2.42. The van der Waals surface area contributed by atoms with E-state index in [-0.39, 0.29) is 41.0 Å². The minimum Gasteiger partial charge on any atom is -0.382 e. The smallest absolute Gasteiger partial charge is 0.312 e. The number of allylic oxidation sites excluding steroid dienone is 4. The molecule has 4 rings (SSSR count). The fourth-order valence-corrected chi connectivity index (χ4v) is 6.24. The number of hydrogen-bond donors (Lipinski definition) is 2. The first-order valence-corrected chi connectivity index (χ1v) is 13.2. The molecule has 0 bridgehead atoms. The molecular weight excluding hydrogens is 459 g/mol. The molecule has 0 saturated carbocycles. The molecule has 3 N–H and O–H groups in total. The summed E-state index contributed by atoms with van der Waals surface area (Å²) in [5.41, 5.74) is 8.74. The second-order valence-corrected chi connectivity index (χ2v) is 11.9. The molecule has 1 atom stereocenters. The molecule has 9 nitrogen and oxygen atoms in total. The van der Waals surface area contributed by atoms with Crippen molar-refractivity contribution in [3.63, 3.8) is 0 Å². The van der Waals surface area contributed by atoms with Gasteiger partial charge in [0.05, 0.1) is 5.75 Å². The Hall–Kier alpha value is -2.66. The van der Waals surface area contributed by atoms with Gasteiger partial charge in [-0.3, -0.25) is 4.79 Å². The van der Waals surface area contributed by atoms with Crippen LogP contribution in [0.2, 0.25) is 0 Å². The number of aryl methyl sites for hydroxylation is 1. The number of imidazole rings is 1. The van der Waals surface area contributed by atoms with Crippen LogP contribution in [0.1, 0.15) is 59.2 Å². The second kappa shape index (κ2) is 8.84. The number of ketones is 1. The molecule has 0 fully saturated rings. The monoisotopic (exact) mass is 490 g/mol. The van der Waals surface area contributed by atoms with Crippen molar-refractivity contribution in [1.82, 2.24) is 24.2 Å². The van der Waals surface area contributed by atoms with Crippen LogP contribution in [0.25, 0.3) is 11.2 Å². The van der Waals surface area contributed by atoms with Crippen LogP contribution in [0, 0.1) is 12.0 Å². The summed E-state index contributed by atoms with van der Waals surface area (Å²) in [6.07, 6.45) is 4.46. The number of aromatic nitrogens is 4. The van der Waals surface area contributed by atoms with Crippen molar-refractivity contribution in [2.75, 3.05) is 11.5 Å². The number of nitrogen functional groups attached to an aromatic ring is 1. The average molecular weight is 491 g/mol. The van der Waals surface area contributed by atoms with Gasteiger partial charge < -0.3 is 10.3 Å². The summed E-state index contributed by atoms with van der Waals surface area (Å²) in [6, 6.07) is 0. The first-order valence-electron chi connectivity index (χ1n) is 11.5. The van der Waals surface area contributed by atoms with Crippen LogP contribution >= 0.6 is 0 Å². The Balaban J connectivity index is 1.73. The molecular formula is C23H31FN6O3S. The van der Waals surface area contributed by atoms with Crippen LogP contribution < -0.4 is 10.5 Å². The van der Waals surface area contributed by atoms with Crippen LogP contribution in [-0.4, -0.2) is 45.0 Å². The van der Waals surface area contributed by atoms with Gasteiger partial charge in [-0.05, 0) is 46.0 Å². The van der Waals surface area contributed by atoms with Gasteiger partial charge in [-0.25, -0.2) is 18.1 Å². The van der Waals surface area contributed by atoms with E-state index in [2.05, 4.69) is 26.6 Å². The van der Waals surface area contributed by atoms with Gasteiger partial charge in [0.15, 0.2) is 22.8 Å². The van der Waals surface area contributed by atoms with E-state index in [1.54, 1.807) is 25.3 Å². The fourth-order valence-electron chi connectivity index (χ4n) is 4.78. The van der Waals surface area contributed by atoms with Gasteiger partial charge in [-0.2, -0.15) is 14.4 Å². The van der Waals surface area contributed by atoms with Gasteiger partial charge in [0.2, 0.25) is 10.0 Å². The highest BCUT2D eigenvalue weighted by atomic mass is 32.2.